The number of nitrogens with two attached hydrogens (primary N) is 1. The maximum Gasteiger partial charge on any atom is 0.264 e. The highest BCUT2D eigenvalue weighted by Crippen LogP contribution is 2.31. The Hall–Kier alpha value is -0.960. The Kier molecular flexibility index (Phi) is 5.53. The molecule has 0 aliphatic carbocycles. The molecule has 8 heteroatoms. The van der Waals surface area contributed by atoms with E-state index in [1.165, 1.54) is 0 Å². The number of amides is 1. The SMILES string of the molecule is CC1CCN(S(=O)(=O)c2ccc(C(=O)N3CC(CN)CC3C)s2)CC1. The van der Waals surface area contributed by atoms with E-state index in [2.05, 4.69) is 6.92 Å². The van der Waals surface area contributed by atoms with Crippen LogP contribution in [-0.2, 0) is 10.0 Å². The van der Waals surface area contributed by atoms with Crippen LogP contribution in [0.1, 0.15) is 42.8 Å². The molecule has 3 heterocycles. The van der Waals surface area contributed by atoms with Crippen molar-refractivity contribution in [2.75, 3.05) is 26.2 Å². The second-order valence-corrected chi connectivity index (χ2v) is 10.6. The lowest BCUT2D eigenvalue weighted by Gasteiger charge is -2.28. The van der Waals surface area contributed by atoms with E-state index in [4.69, 9.17) is 5.73 Å². The highest BCUT2D eigenvalue weighted by Gasteiger charge is 2.34. The van der Waals surface area contributed by atoms with Gasteiger partial charge in [-0.2, -0.15) is 4.31 Å². The summed E-state index contributed by atoms with van der Waals surface area (Å²) >= 11 is 1.09. The second-order valence-electron chi connectivity index (χ2n) is 7.35. The third-order valence-electron chi connectivity index (χ3n) is 5.38. The van der Waals surface area contributed by atoms with E-state index in [-0.39, 0.29) is 16.2 Å². The summed E-state index contributed by atoms with van der Waals surface area (Å²) in [6.45, 7) is 6.52. The van der Waals surface area contributed by atoms with Crippen LogP contribution in [0.3, 0.4) is 0 Å². The van der Waals surface area contributed by atoms with E-state index in [9.17, 15) is 13.2 Å². The van der Waals surface area contributed by atoms with Crippen molar-refractivity contribution in [3.05, 3.63) is 17.0 Å². The second kappa shape index (κ2) is 7.34. The smallest absolute Gasteiger partial charge is 0.264 e. The van der Waals surface area contributed by atoms with E-state index in [0.29, 0.717) is 42.9 Å². The Balaban J connectivity index is 1.75. The zero-order chi connectivity index (χ0) is 18.2. The first-order valence-electron chi connectivity index (χ1n) is 8.94. The molecule has 0 spiro atoms. The number of carbonyl (C=O) groups excluding carboxylic acids is 1. The molecule has 1 aromatic heterocycles. The van der Waals surface area contributed by atoms with Gasteiger partial charge >= 0.3 is 0 Å². The number of rotatable bonds is 4. The number of likely N-dealkylation sites (tertiary alicyclic amines) is 1. The standard InChI is InChI=1S/C17H27N3O3S2/c1-12-5-7-19(8-6-12)25(22,23)16-4-3-15(24-16)17(21)20-11-14(10-18)9-13(20)2/h3-4,12-14H,5-11,18H2,1-2H3. The number of hydrogen-bond donors (Lipinski definition) is 1. The number of sulfonamides is 1. The van der Waals surface area contributed by atoms with Crippen molar-refractivity contribution in [2.24, 2.45) is 17.6 Å². The number of thiophene rings is 1. The summed E-state index contributed by atoms with van der Waals surface area (Å²) in [5, 5.41) is 0. The number of nitrogens with zero attached hydrogens (tertiary/aromatic N) is 2. The predicted molar refractivity (Wildman–Crippen MR) is 99.1 cm³/mol. The largest absolute Gasteiger partial charge is 0.335 e. The van der Waals surface area contributed by atoms with Crippen LogP contribution in [-0.4, -0.2) is 55.8 Å². The highest BCUT2D eigenvalue weighted by atomic mass is 32.2. The maximum absolute atomic E-state index is 12.8. The molecule has 0 bridgehead atoms. The van der Waals surface area contributed by atoms with Crippen LogP contribution >= 0.6 is 11.3 Å². The Morgan fingerprint density at radius 1 is 1.28 bits per heavy atom. The van der Waals surface area contributed by atoms with Gasteiger partial charge in [0.15, 0.2) is 0 Å². The van der Waals surface area contributed by atoms with E-state index in [0.717, 1.165) is 30.6 Å². The van der Waals surface area contributed by atoms with Crippen molar-refractivity contribution in [2.45, 2.75) is 43.4 Å². The van der Waals surface area contributed by atoms with Gasteiger partial charge < -0.3 is 10.6 Å². The van der Waals surface area contributed by atoms with Crippen molar-refractivity contribution in [3.8, 4) is 0 Å². The molecule has 6 nitrogen and oxygen atoms in total. The summed E-state index contributed by atoms with van der Waals surface area (Å²) in [6.07, 6.45) is 2.69. The van der Waals surface area contributed by atoms with E-state index in [1.54, 1.807) is 16.4 Å². The normalized spacial score (nSPS) is 26.3. The fourth-order valence-electron chi connectivity index (χ4n) is 3.66. The summed E-state index contributed by atoms with van der Waals surface area (Å²) in [7, 11) is -3.49. The number of piperidine rings is 1. The molecule has 0 aromatic carbocycles. The van der Waals surface area contributed by atoms with E-state index in [1.807, 2.05) is 11.8 Å². The summed E-state index contributed by atoms with van der Waals surface area (Å²) in [4.78, 5) is 15.1. The van der Waals surface area contributed by atoms with Gasteiger partial charge in [0.25, 0.3) is 15.9 Å². The number of carbonyl (C=O) groups is 1. The minimum Gasteiger partial charge on any atom is -0.335 e. The molecule has 2 unspecified atom stereocenters. The van der Waals surface area contributed by atoms with Gasteiger partial charge in [-0.05, 0) is 56.7 Å². The minimum absolute atomic E-state index is 0.0813. The number of hydrogen-bond acceptors (Lipinski definition) is 5. The lowest BCUT2D eigenvalue weighted by atomic mass is 10.0. The van der Waals surface area contributed by atoms with E-state index >= 15 is 0 Å². The fourth-order valence-corrected chi connectivity index (χ4v) is 6.55. The molecule has 2 atom stereocenters. The van der Waals surface area contributed by atoms with Crippen molar-refractivity contribution in [1.82, 2.24) is 9.21 Å². The summed E-state index contributed by atoms with van der Waals surface area (Å²) < 4.78 is 27.4. The van der Waals surface area contributed by atoms with Crippen molar-refractivity contribution < 1.29 is 13.2 Å². The van der Waals surface area contributed by atoms with Gasteiger partial charge in [0, 0.05) is 25.7 Å². The van der Waals surface area contributed by atoms with Crippen LogP contribution in [0, 0.1) is 11.8 Å². The minimum atomic E-state index is -3.49. The molecule has 0 saturated carbocycles. The van der Waals surface area contributed by atoms with Crippen molar-refractivity contribution in [1.29, 1.82) is 0 Å². The summed E-state index contributed by atoms with van der Waals surface area (Å²) in [5.41, 5.74) is 5.73. The Morgan fingerprint density at radius 3 is 2.56 bits per heavy atom. The van der Waals surface area contributed by atoms with Crippen LogP contribution < -0.4 is 5.73 Å². The molecule has 140 valence electrons. The van der Waals surface area contributed by atoms with Gasteiger partial charge in [0.2, 0.25) is 0 Å². The third-order valence-corrected chi connectivity index (χ3v) is 8.82. The topological polar surface area (TPSA) is 83.7 Å². The van der Waals surface area contributed by atoms with Gasteiger partial charge in [0.1, 0.15) is 4.21 Å². The average molecular weight is 386 g/mol. The Labute approximate surface area is 154 Å². The Bertz CT molecular complexity index is 723. The molecule has 2 aliphatic heterocycles. The maximum atomic E-state index is 12.8. The van der Waals surface area contributed by atoms with Crippen molar-refractivity contribution >= 4 is 27.3 Å². The molecule has 1 aromatic rings. The highest BCUT2D eigenvalue weighted by molar-refractivity contribution is 7.91. The molecule has 2 N–H and O–H groups in total. The van der Waals surface area contributed by atoms with Crippen LogP contribution in [0.2, 0.25) is 0 Å². The van der Waals surface area contributed by atoms with Gasteiger partial charge in [-0.3, -0.25) is 4.79 Å². The van der Waals surface area contributed by atoms with Crippen LogP contribution in [0.4, 0.5) is 0 Å². The zero-order valence-corrected chi connectivity index (χ0v) is 16.5. The van der Waals surface area contributed by atoms with Crippen molar-refractivity contribution in [3.63, 3.8) is 0 Å². The molecule has 25 heavy (non-hydrogen) atoms. The van der Waals surface area contributed by atoms with Crippen LogP contribution in [0.15, 0.2) is 16.3 Å². The first kappa shape index (κ1) is 18.8. The van der Waals surface area contributed by atoms with Gasteiger partial charge in [-0.25, -0.2) is 8.42 Å². The molecule has 2 fully saturated rings. The summed E-state index contributed by atoms with van der Waals surface area (Å²) in [5.74, 6) is 0.818. The average Bonchev–Trinajstić information content (AvgIpc) is 3.22. The first-order valence-corrected chi connectivity index (χ1v) is 11.2. The van der Waals surface area contributed by atoms with E-state index < -0.39 is 10.0 Å². The quantitative estimate of drug-likeness (QED) is 0.859. The lowest BCUT2D eigenvalue weighted by Crippen LogP contribution is -2.37. The molecule has 2 aliphatic rings. The molecular formula is C17H27N3O3S2. The molecule has 1 amide bonds. The monoisotopic (exact) mass is 385 g/mol. The Morgan fingerprint density at radius 2 is 1.96 bits per heavy atom. The lowest BCUT2D eigenvalue weighted by molar-refractivity contribution is 0.0748. The zero-order valence-electron chi connectivity index (χ0n) is 14.8. The van der Waals surface area contributed by atoms with Gasteiger partial charge in [0.05, 0.1) is 4.88 Å². The van der Waals surface area contributed by atoms with Gasteiger partial charge in [-0.15, -0.1) is 11.3 Å². The summed E-state index contributed by atoms with van der Waals surface area (Å²) in [6, 6.07) is 3.37. The third kappa shape index (κ3) is 3.77. The van der Waals surface area contributed by atoms with Crippen LogP contribution in [0.5, 0.6) is 0 Å². The molecule has 3 rings (SSSR count). The van der Waals surface area contributed by atoms with Crippen LogP contribution in [0.25, 0.3) is 0 Å². The first-order chi connectivity index (χ1) is 11.8. The fraction of sp³-hybridized carbons (Fsp3) is 0.706. The van der Waals surface area contributed by atoms with Gasteiger partial charge in [-0.1, -0.05) is 6.92 Å². The molecule has 0 radical (unpaired) electrons. The molecular weight excluding hydrogens is 358 g/mol. The molecule has 2 saturated heterocycles. The predicted octanol–water partition coefficient (Wildman–Crippen LogP) is 1.98.